The number of halogens is 12. The molecule has 4 nitrogen and oxygen atoms in total. The summed E-state index contributed by atoms with van der Waals surface area (Å²) in [5, 5.41) is 0. The van der Waals surface area contributed by atoms with Crippen molar-refractivity contribution in [3.8, 4) is 0 Å². The Morgan fingerprint density at radius 3 is 1.60 bits per heavy atom. The number of primary amides is 1. The molecule has 16 heteroatoms. The van der Waals surface area contributed by atoms with Gasteiger partial charge in [-0.15, -0.1) is 0 Å². The van der Waals surface area contributed by atoms with Crippen molar-refractivity contribution in [1.82, 2.24) is 0 Å². The van der Waals surface area contributed by atoms with Crippen molar-refractivity contribution >= 4 is 11.9 Å². The topological polar surface area (TPSA) is 69.4 Å². The first-order valence-electron chi connectivity index (χ1n) is 7.00. The third-order valence-corrected chi connectivity index (χ3v) is 2.75. The van der Waals surface area contributed by atoms with Crippen LogP contribution in [0.5, 0.6) is 0 Å². The van der Waals surface area contributed by atoms with Gasteiger partial charge in [-0.1, -0.05) is 13.2 Å². The molecule has 30 heavy (non-hydrogen) atoms. The summed E-state index contributed by atoms with van der Waals surface area (Å²) in [5.41, 5.74) is 3.51. The van der Waals surface area contributed by atoms with Gasteiger partial charge < -0.3 is 10.5 Å². The van der Waals surface area contributed by atoms with Crippen molar-refractivity contribution in [3.63, 3.8) is 0 Å². The van der Waals surface area contributed by atoms with E-state index in [0.29, 0.717) is 6.92 Å². The summed E-state index contributed by atoms with van der Waals surface area (Å²) in [6.07, 6.45) is -19.7. The third-order valence-electron chi connectivity index (χ3n) is 2.75. The predicted molar refractivity (Wildman–Crippen MR) is 75.7 cm³/mol. The molecule has 0 fully saturated rings. The number of ether oxygens (including phenoxy) is 1. The maximum atomic E-state index is 13.2. The quantitative estimate of drug-likeness (QED) is 0.321. The largest absolute Gasteiger partial charge is 0.473 e. The molecule has 0 spiro atoms. The van der Waals surface area contributed by atoms with Crippen LogP contribution in [0.25, 0.3) is 0 Å². The molecule has 1 unspecified atom stereocenters. The standard InChI is InChI=1S/C11H8F12O2.C3H5NO/c1-4(2)6(24)25-11(22,23)10(20,21)9(18,19)8(16,17)5(12)3-7(13,14)15;1-2-3(4)5/h5H,1,3H2,2H3;2H,1H2,(H2,4,5). The minimum absolute atomic E-state index is 0.481. The van der Waals surface area contributed by atoms with Gasteiger partial charge in [0.2, 0.25) is 5.91 Å². The monoisotopic (exact) mass is 471 g/mol. The summed E-state index contributed by atoms with van der Waals surface area (Å²) in [6.45, 7) is 6.31. The fourth-order valence-corrected chi connectivity index (χ4v) is 1.19. The minimum atomic E-state index is -7.36. The van der Waals surface area contributed by atoms with Crippen LogP contribution in [0.4, 0.5) is 52.7 Å². The first-order chi connectivity index (χ1) is 13.0. The highest BCUT2D eigenvalue weighted by atomic mass is 19.4. The van der Waals surface area contributed by atoms with Crippen molar-refractivity contribution in [2.45, 2.75) is 49.6 Å². The highest BCUT2D eigenvalue weighted by Gasteiger charge is 2.84. The van der Waals surface area contributed by atoms with Gasteiger partial charge in [0.05, 0.1) is 6.42 Å². The SMILES string of the molecule is C=C(C)C(=O)OC(F)(F)C(F)(F)C(F)(F)C(F)(F)C(F)CC(F)(F)F.C=CC(N)=O. The molecule has 0 aliphatic heterocycles. The number of esters is 1. The highest BCUT2D eigenvalue weighted by molar-refractivity contribution is 5.87. The molecule has 0 bridgehead atoms. The van der Waals surface area contributed by atoms with E-state index in [9.17, 15) is 62.3 Å². The lowest BCUT2D eigenvalue weighted by molar-refractivity contribution is -0.422. The molecule has 1 atom stereocenters. The van der Waals surface area contributed by atoms with Crippen LogP contribution in [0.2, 0.25) is 0 Å². The van der Waals surface area contributed by atoms with Crippen LogP contribution in [-0.2, 0) is 14.3 Å². The van der Waals surface area contributed by atoms with Gasteiger partial charge in [-0.3, -0.25) is 4.79 Å². The summed E-state index contributed by atoms with van der Waals surface area (Å²) in [5.74, 6) is -24.4. The lowest BCUT2D eigenvalue weighted by atomic mass is 9.97. The Labute approximate surface area is 160 Å². The van der Waals surface area contributed by atoms with Gasteiger partial charge in [0.1, 0.15) is 0 Å². The van der Waals surface area contributed by atoms with E-state index in [0.717, 1.165) is 6.08 Å². The molecule has 0 aromatic rings. The molecule has 1 amide bonds. The number of amides is 1. The minimum Gasteiger partial charge on any atom is -0.393 e. The molecular formula is C14H13F12NO3. The number of alkyl halides is 12. The smallest absolute Gasteiger partial charge is 0.393 e. The van der Waals surface area contributed by atoms with Crippen molar-refractivity contribution in [3.05, 3.63) is 24.8 Å². The van der Waals surface area contributed by atoms with Gasteiger partial charge in [0.15, 0.2) is 6.17 Å². The highest BCUT2D eigenvalue weighted by Crippen LogP contribution is 2.55. The second-order valence-electron chi connectivity index (χ2n) is 5.35. The van der Waals surface area contributed by atoms with Crippen molar-refractivity contribution in [2.75, 3.05) is 0 Å². The van der Waals surface area contributed by atoms with Gasteiger partial charge in [-0.05, 0) is 13.0 Å². The Hall–Kier alpha value is -2.42. The molecule has 0 heterocycles. The fraction of sp³-hybridized carbons (Fsp3) is 0.571. The Bertz CT molecular complexity index is 657. The van der Waals surface area contributed by atoms with Gasteiger partial charge in [-0.25, -0.2) is 9.18 Å². The van der Waals surface area contributed by atoms with Crippen LogP contribution >= 0.6 is 0 Å². The summed E-state index contributed by atoms with van der Waals surface area (Å²) in [7, 11) is 0. The van der Waals surface area contributed by atoms with E-state index in [1.165, 1.54) is 0 Å². The average molecular weight is 471 g/mol. The van der Waals surface area contributed by atoms with Gasteiger partial charge in [0, 0.05) is 5.57 Å². The van der Waals surface area contributed by atoms with E-state index in [-0.39, 0.29) is 0 Å². The summed E-state index contributed by atoms with van der Waals surface area (Å²) >= 11 is 0. The molecule has 0 aromatic heterocycles. The Morgan fingerprint density at radius 1 is 0.967 bits per heavy atom. The molecule has 0 saturated carbocycles. The van der Waals surface area contributed by atoms with Crippen LogP contribution in [0.3, 0.4) is 0 Å². The number of hydrogen-bond acceptors (Lipinski definition) is 3. The van der Waals surface area contributed by atoms with Crippen molar-refractivity contribution < 1.29 is 67.0 Å². The van der Waals surface area contributed by atoms with E-state index in [4.69, 9.17) is 0 Å². The molecule has 2 N–H and O–H groups in total. The molecule has 0 radical (unpaired) electrons. The zero-order valence-corrected chi connectivity index (χ0v) is 14.6. The van der Waals surface area contributed by atoms with Crippen LogP contribution in [-0.4, -0.2) is 48.1 Å². The van der Waals surface area contributed by atoms with Gasteiger partial charge in [0.25, 0.3) is 0 Å². The lowest BCUT2D eigenvalue weighted by Crippen LogP contribution is -2.65. The maximum Gasteiger partial charge on any atom is 0.473 e. The zero-order chi connectivity index (χ0) is 24.9. The van der Waals surface area contributed by atoms with E-state index in [2.05, 4.69) is 23.6 Å². The molecule has 0 aliphatic rings. The third kappa shape index (κ3) is 7.12. The Morgan fingerprint density at radius 2 is 1.33 bits per heavy atom. The van der Waals surface area contributed by atoms with Crippen LogP contribution < -0.4 is 5.73 Å². The number of nitrogens with two attached hydrogens (primary N) is 1. The Balaban J connectivity index is 0. The summed E-state index contributed by atoms with van der Waals surface area (Å²) in [4.78, 5) is 20.2. The van der Waals surface area contributed by atoms with Gasteiger partial charge >= 0.3 is 36.0 Å². The molecule has 0 aliphatic carbocycles. The number of carbonyl (C=O) groups excluding carboxylic acids is 2. The summed E-state index contributed by atoms with van der Waals surface area (Å²) in [6, 6.07) is 0. The van der Waals surface area contributed by atoms with Gasteiger partial charge in [-0.2, -0.15) is 48.3 Å². The van der Waals surface area contributed by atoms with Crippen LogP contribution in [0.15, 0.2) is 24.8 Å². The maximum absolute atomic E-state index is 13.2. The van der Waals surface area contributed by atoms with E-state index in [1.807, 2.05) is 0 Å². The zero-order valence-electron chi connectivity index (χ0n) is 14.6. The lowest BCUT2D eigenvalue weighted by Gasteiger charge is -2.37. The van der Waals surface area contributed by atoms with E-state index < -0.39 is 60.1 Å². The van der Waals surface area contributed by atoms with E-state index in [1.54, 1.807) is 0 Å². The first-order valence-corrected chi connectivity index (χ1v) is 7.00. The number of hydrogen-bond donors (Lipinski definition) is 1. The fourth-order valence-electron chi connectivity index (χ4n) is 1.19. The Kier molecular flexibility index (Phi) is 9.52. The normalized spacial score (nSPS) is 14.2. The second-order valence-corrected chi connectivity index (χ2v) is 5.35. The molecule has 0 rings (SSSR count). The van der Waals surface area contributed by atoms with E-state index >= 15 is 0 Å². The number of rotatable bonds is 8. The molecular weight excluding hydrogens is 458 g/mol. The second kappa shape index (κ2) is 9.59. The van der Waals surface area contributed by atoms with Crippen molar-refractivity contribution in [1.29, 1.82) is 0 Å². The molecule has 0 saturated heterocycles. The predicted octanol–water partition coefficient (Wildman–Crippen LogP) is 4.55. The first kappa shape index (κ1) is 29.8. The average Bonchev–Trinajstić information content (AvgIpc) is 2.52. The van der Waals surface area contributed by atoms with Crippen molar-refractivity contribution in [2.24, 2.45) is 5.73 Å². The number of carbonyl (C=O) groups is 2. The van der Waals surface area contributed by atoms with Crippen LogP contribution in [0.1, 0.15) is 13.3 Å². The molecule has 176 valence electrons. The summed E-state index contributed by atoms with van der Waals surface area (Å²) < 4.78 is 156. The molecule has 0 aromatic carbocycles. The van der Waals surface area contributed by atoms with Crippen LogP contribution in [0, 0.1) is 0 Å².